The van der Waals surface area contributed by atoms with Crippen molar-refractivity contribution in [1.82, 2.24) is 14.5 Å². The van der Waals surface area contributed by atoms with Crippen molar-refractivity contribution < 1.29 is 4.74 Å². The fourth-order valence-electron chi connectivity index (χ4n) is 1.81. The van der Waals surface area contributed by atoms with Crippen molar-refractivity contribution in [3.8, 4) is 0 Å². The summed E-state index contributed by atoms with van der Waals surface area (Å²) in [4.78, 5) is 8.20. The van der Waals surface area contributed by atoms with E-state index >= 15 is 0 Å². The van der Waals surface area contributed by atoms with Crippen molar-refractivity contribution in [3.05, 3.63) is 23.7 Å². The molecule has 2 heterocycles. The number of nitrogens with zero attached hydrogens (tertiary/aromatic N) is 3. The normalized spacial score (nSPS) is 12.2. The summed E-state index contributed by atoms with van der Waals surface area (Å²) in [6.45, 7) is 4.79. The predicted octanol–water partition coefficient (Wildman–Crippen LogP) is 2.47. The molecule has 0 bridgehead atoms. The average Bonchev–Trinajstić information content (AvgIpc) is 2.60. The van der Waals surface area contributed by atoms with Crippen molar-refractivity contribution in [2.45, 2.75) is 19.4 Å². The van der Waals surface area contributed by atoms with Gasteiger partial charge in [0, 0.05) is 24.9 Å². The topological polar surface area (TPSA) is 39.9 Å². The molecule has 2 aromatic rings. The molecule has 0 saturated heterocycles. The summed E-state index contributed by atoms with van der Waals surface area (Å²) in [5.74, 6) is 0. The molecule has 0 amide bonds. The summed E-state index contributed by atoms with van der Waals surface area (Å²) in [6.07, 6.45) is 3.71. The van der Waals surface area contributed by atoms with Crippen molar-refractivity contribution in [3.63, 3.8) is 0 Å². The molecule has 0 spiro atoms. The number of hydrogen-bond donors (Lipinski definition) is 0. The fourth-order valence-corrected chi connectivity index (χ4v) is 1.94. The van der Waals surface area contributed by atoms with E-state index in [2.05, 4.69) is 28.4 Å². The van der Waals surface area contributed by atoms with Gasteiger partial charge in [-0.25, -0.2) is 4.98 Å². The van der Waals surface area contributed by atoms with Crippen LogP contribution in [0.5, 0.6) is 0 Å². The van der Waals surface area contributed by atoms with E-state index in [-0.39, 0.29) is 10.8 Å². The third kappa shape index (κ3) is 1.90. The van der Waals surface area contributed by atoms with Crippen LogP contribution < -0.4 is 0 Å². The number of aromatic nitrogens is 3. The van der Waals surface area contributed by atoms with Crippen LogP contribution in [0.2, 0.25) is 5.28 Å². The van der Waals surface area contributed by atoms with Gasteiger partial charge in [-0.3, -0.25) is 0 Å². The molecule has 86 valence electrons. The third-order valence-electron chi connectivity index (χ3n) is 2.55. The van der Waals surface area contributed by atoms with E-state index in [1.807, 2.05) is 12.3 Å². The Labute approximate surface area is 99.2 Å². The second kappa shape index (κ2) is 4.03. The van der Waals surface area contributed by atoms with Gasteiger partial charge in [0.05, 0.1) is 12.1 Å². The number of ether oxygens (including phenoxy) is 1. The van der Waals surface area contributed by atoms with E-state index < -0.39 is 0 Å². The molecule has 0 N–H and O–H groups in total. The van der Waals surface area contributed by atoms with E-state index in [4.69, 9.17) is 16.3 Å². The highest BCUT2D eigenvalue weighted by atomic mass is 35.5. The Morgan fingerprint density at radius 1 is 1.50 bits per heavy atom. The largest absolute Gasteiger partial charge is 0.382 e. The lowest BCUT2D eigenvalue weighted by atomic mass is 10.1. The minimum absolute atomic E-state index is 0.159. The number of methoxy groups -OCH3 is 1. The van der Waals surface area contributed by atoms with Gasteiger partial charge in [-0.2, -0.15) is 4.98 Å². The first kappa shape index (κ1) is 11.4. The van der Waals surface area contributed by atoms with Crippen LogP contribution in [0.15, 0.2) is 18.5 Å². The Hall–Kier alpha value is -1.13. The van der Waals surface area contributed by atoms with Crippen molar-refractivity contribution >= 4 is 22.6 Å². The van der Waals surface area contributed by atoms with Gasteiger partial charge < -0.3 is 9.30 Å². The minimum atomic E-state index is -0.159. The summed E-state index contributed by atoms with van der Waals surface area (Å²) in [5, 5.41) is 1.24. The van der Waals surface area contributed by atoms with Gasteiger partial charge in [0.25, 0.3) is 0 Å². The molecular formula is C11H14ClN3O. The van der Waals surface area contributed by atoms with Crippen LogP contribution in [-0.4, -0.2) is 28.3 Å². The summed E-state index contributed by atoms with van der Waals surface area (Å²) in [6, 6.07) is 1.98. The Morgan fingerprint density at radius 3 is 2.94 bits per heavy atom. The molecule has 0 fully saturated rings. The molecular weight excluding hydrogens is 226 g/mol. The number of rotatable bonds is 3. The molecule has 0 unspecified atom stereocenters. The molecule has 0 radical (unpaired) electrons. The molecule has 0 saturated carbocycles. The molecule has 4 nitrogen and oxygen atoms in total. The molecule has 2 aromatic heterocycles. The Kier molecular flexibility index (Phi) is 2.86. The highest BCUT2D eigenvalue weighted by molar-refractivity contribution is 6.28. The lowest BCUT2D eigenvalue weighted by Crippen LogP contribution is -2.31. The second-order valence-corrected chi connectivity index (χ2v) is 4.69. The van der Waals surface area contributed by atoms with Crippen LogP contribution in [0.4, 0.5) is 0 Å². The molecule has 0 aromatic carbocycles. The highest BCUT2D eigenvalue weighted by Crippen LogP contribution is 2.23. The lowest BCUT2D eigenvalue weighted by Gasteiger charge is -2.26. The molecule has 0 atom stereocenters. The van der Waals surface area contributed by atoms with E-state index in [9.17, 15) is 0 Å². The first-order valence-corrected chi connectivity index (χ1v) is 5.41. The van der Waals surface area contributed by atoms with E-state index in [1.165, 1.54) is 0 Å². The summed E-state index contributed by atoms with van der Waals surface area (Å²) >= 11 is 5.81. The molecule has 2 rings (SSSR count). The van der Waals surface area contributed by atoms with Crippen LogP contribution in [0.1, 0.15) is 13.8 Å². The monoisotopic (exact) mass is 239 g/mol. The van der Waals surface area contributed by atoms with Gasteiger partial charge in [-0.05, 0) is 31.5 Å². The van der Waals surface area contributed by atoms with Gasteiger partial charge in [-0.1, -0.05) is 0 Å². The average molecular weight is 240 g/mol. The maximum absolute atomic E-state index is 5.81. The van der Waals surface area contributed by atoms with Crippen LogP contribution in [0, 0.1) is 0 Å². The molecule has 0 aliphatic heterocycles. The van der Waals surface area contributed by atoms with Crippen LogP contribution in [0.3, 0.4) is 0 Å². The van der Waals surface area contributed by atoms with Gasteiger partial charge in [-0.15, -0.1) is 0 Å². The first-order chi connectivity index (χ1) is 7.54. The van der Waals surface area contributed by atoms with Crippen LogP contribution in [-0.2, 0) is 10.3 Å². The number of fused-ring (bicyclic) bond motifs is 1. The summed E-state index contributed by atoms with van der Waals surface area (Å²) in [5.41, 5.74) is 0.677. The number of halogens is 1. The predicted molar refractivity (Wildman–Crippen MR) is 63.7 cm³/mol. The van der Waals surface area contributed by atoms with Crippen molar-refractivity contribution in [1.29, 1.82) is 0 Å². The van der Waals surface area contributed by atoms with Gasteiger partial charge in [0.15, 0.2) is 0 Å². The van der Waals surface area contributed by atoms with Gasteiger partial charge in [0.1, 0.15) is 5.65 Å². The quantitative estimate of drug-likeness (QED) is 0.773. The zero-order chi connectivity index (χ0) is 11.8. The zero-order valence-electron chi connectivity index (χ0n) is 9.57. The third-order valence-corrected chi connectivity index (χ3v) is 2.73. The van der Waals surface area contributed by atoms with Gasteiger partial charge in [0.2, 0.25) is 5.28 Å². The Bertz CT molecular complexity index is 507. The van der Waals surface area contributed by atoms with Crippen LogP contribution >= 0.6 is 11.6 Å². The molecule has 0 aliphatic carbocycles. The fraction of sp³-hybridized carbons (Fsp3) is 0.455. The van der Waals surface area contributed by atoms with E-state index in [0.29, 0.717) is 6.61 Å². The molecule has 16 heavy (non-hydrogen) atoms. The summed E-state index contributed by atoms with van der Waals surface area (Å²) < 4.78 is 7.27. The minimum Gasteiger partial charge on any atom is -0.382 e. The maximum Gasteiger partial charge on any atom is 0.224 e. The van der Waals surface area contributed by atoms with Crippen molar-refractivity contribution in [2.24, 2.45) is 0 Å². The van der Waals surface area contributed by atoms with Crippen LogP contribution in [0.25, 0.3) is 11.0 Å². The van der Waals surface area contributed by atoms with E-state index in [1.54, 1.807) is 13.3 Å². The highest BCUT2D eigenvalue weighted by Gasteiger charge is 2.22. The van der Waals surface area contributed by atoms with E-state index in [0.717, 1.165) is 11.0 Å². The van der Waals surface area contributed by atoms with Gasteiger partial charge >= 0.3 is 0 Å². The number of hydrogen-bond acceptors (Lipinski definition) is 3. The Morgan fingerprint density at radius 2 is 2.25 bits per heavy atom. The van der Waals surface area contributed by atoms with Crippen molar-refractivity contribution in [2.75, 3.05) is 13.7 Å². The SMILES string of the molecule is COCC(C)(C)n1ccc2cnc(Cl)nc21. The zero-order valence-corrected chi connectivity index (χ0v) is 10.3. The molecule has 5 heteroatoms. The lowest BCUT2D eigenvalue weighted by molar-refractivity contribution is 0.112. The maximum atomic E-state index is 5.81. The second-order valence-electron chi connectivity index (χ2n) is 4.35. The summed E-state index contributed by atoms with van der Waals surface area (Å²) in [7, 11) is 1.69. The standard InChI is InChI=1S/C11H14ClN3O/c1-11(2,7-16-3)15-5-4-8-6-13-10(12)14-9(8)15/h4-6H,7H2,1-3H3. The molecule has 0 aliphatic rings. The Balaban J connectivity index is 2.56. The smallest absolute Gasteiger partial charge is 0.224 e. The first-order valence-electron chi connectivity index (χ1n) is 5.03.